The first-order chi connectivity index (χ1) is 13.0. The molecule has 27 heavy (non-hydrogen) atoms. The quantitative estimate of drug-likeness (QED) is 0.435. The van der Waals surface area contributed by atoms with Crippen LogP contribution in [0.1, 0.15) is 11.1 Å². The molecule has 1 amide bonds. The molecule has 0 saturated heterocycles. The first-order valence-corrected chi connectivity index (χ1v) is 7.95. The third-order valence-electron chi connectivity index (χ3n) is 3.42. The van der Waals surface area contributed by atoms with Crippen molar-refractivity contribution in [1.29, 1.82) is 5.26 Å². The molecule has 0 heterocycles. The van der Waals surface area contributed by atoms with Crippen molar-refractivity contribution in [2.75, 3.05) is 13.7 Å². The van der Waals surface area contributed by atoms with Gasteiger partial charge in [0.05, 0.1) is 7.11 Å². The van der Waals surface area contributed by atoms with Crippen molar-refractivity contribution in [3.8, 4) is 17.6 Å². The first-order valence-electron chi connectivity index (χ1n) is 7.95. The lowest BCUT2D eigenvalue weighted by molar-refractivity contribution is -0.139. The molecular formula is C20H18N2O5. The number of ether oxygens (including phenoxy) is 3. The lowest BCUT2D eigenvalue weighted by atomic mass is 10.1. The molecule has 7 nitrogen and oxygen atoms in total. The largest absolute Gasteiger partial charge is 0.493 e. The van der Waals surface area contributed by atoms with Crippen molar-refractivity contribution in [1.82, 2.24) is 0 Å². The average Bonchev–Trinajstić information content (AvgIpc) is 2.69. The smallest absolute Gasteiger partial charge is 0.349 e. The van der Waals surface area contributed by atoms with Crippen molar-refractivity contribution in [2.24, 2.45) is 5.73 Å². The minimum Gasteiger partial charge on any atom is -0.493 e. The zero-order valence-corrected chi connectivity index (χ0v) is 14.7. The number of benzene rings is 2. The zero-order valence-electron chi connectivity index (χ0n) is 14.7. The van der Waals surface area contributed by atoms with Gasteiger partial charge in [-0.1, -0.05) is 36.4 Å². The van der Waals surface area contributed by atoms with E-state index in [2.05, 4.69) is 0 Å². The number of nitriles is 1. The second-order valence-corrected chi connectivity index (χ2v) is 5.40. The van der Waals surface area contributed by atoms with Gasteiger partial charge in [-0.05, 0) is 29.3 Å². The van der Waals surface area contributed by atoms with Gasteiger partial charge < -0.3 is 19.9 Å². The fraction of sp³-hybridized carbons (Fsp3) is 0.150. The Kier molecular flexibility index (Phi) is 6.97. The number of amides is 1. The standard InChI is InChI=1S/C20H18N2O5/c1-25-18-10-15(7-8-17(18)26-13-19(22)23)9-16(11-21)20(24)27-12-14-5-3-2-4-6-14/h2-10H,12-13H2,1H3,(H2,22,23)/b16-9+. The molecular weight excluding hydrogens is 348 g/mol. The topological polar surface area (TPSA) is 112 Å². The molecule has 0 aliphatic heterocycles. The molecule has 7 heteroatoms. The van der Waals surface area contributed by atoms with Gasteiger partial charge in [-0.3, -0.25) is 4.79 Å². The van der Waals surface area contributed by atoms with Gasteiger partial charge in [0, 0.05) is 0 Å². The lowest BCUT2D eigenvalue weighted by Gasteiger charge is -2.10. The van der Waals surface area contributed by atoms with E-state index < -0.39 is 11.9 Å². The molecule has 138 valence electrons. The SMILES string of the molecule is COc1cc(/C=C(\C#N)C(=O)OCc2ccccc2)ccc1OCC(N)=O. The fourth-order valence-electron chi connectivity index (χ4n) is 2.15. The summed E-state index contributed by atoms with van der Waals surface area (Å²) in [4.78, 5) is 23.0. The van der Waals surface area contributed by atoms with Gasteiger partial charge in [-0.25, -0.2) is 4.79 Å². The highest BCUT2D eigenvalue weighted by atomic mass is 16.5. The molecule has 0 aromatic heterocycles. The molecule has 0 aliphatic carbocycles. The van der Waals surface area contributed by atoms with Crippen LogP contribution < -0.4 is 15.2 Å². The first kappa shape index (κ1) is 19.5. The van der Waals surface area contributed by atoms with E-state index in [4.69, 9.17) is 19.9 Å². The van der Waals surface area contributed by atoms with E-state index in [1.807, 2.05) is 36.4 Å². The predicted octanol–water partition coefficient (Wildman–Crippen LogP) is 2.21. The van der Waals surface area contributed by atoms with Gasteiger partial charge in [0.2, 0.25) is 0 Å². The summed E-state index contributed by atoms with van der Waals surface area (Å²) in [5.41, 5.74) is 6.25. The lowest BCUT2D eigenvalue weighted by Crippen LogP contribution is -2.20. The van der Waals surface area contributed by atoms with Gasteiger partial charge in [0.1, 0.15) is 18.2 Å². The molecule has 0 radical (unpaired) electrons. The molecule has 2 aromatic rings. The van der Waals surface area contributed by atoms with Crippen LogP contribution in [0.25, 0.3) is 6.08 Å². The Bertz CT molecular complexity index is 885. The summed E-state index contributed by atoms with van der Waals surface area (Å²) in [5, 5.41) is 9.25. The summed E-state index contributed by atoms with van der Waals surface area (Å²) in [5.74, 6) is -0.693. The number of hydrogen-bond acceptors (Lipinski definition) is 6. The highest BCUT2D eigenvalue weighted by Crippen LogP contribution is 2.29. The number of carbonyl (C=O) groups is 2. The number of nitrogens with zero attached hydrogens (tertiary/aromatic N) is 1. The van der Waals surface area contributed by atoms with Crippen molar-refractivity contribution < 1.29 is 23.8 Å². The van der Waals surface area contributed by atoms with Crippen LogP contribution in [0, 0.1) is 11.3 Å². The summed E-state index contributed by atoms with van der Waals surface area (Å²) >= 11 is 0. The normalized spacial score (nSPS) is 10.6. The van der Waals surface area contributed by atoms with E-state index in [0.29, 0.717) is 17.1 Å². The van der Waals surface area contributed by atoms with Crippen LogP contribution in [0.3, 0.4) is 0 Å². The summed E-state index contributed by atoms with van der Waals surface area (Å²) in [7, 11) is 1.43. The summed E-state index contributed by atoms with van der Waals surface area (Å²) < 4.78 is 15.6. The van der Waals surface area contributed by atoms with Gasteiger partial charge in [0.25, 0.3) is 5.91 Å². The second kappa shape index (κ2) is 9.63. The van der Waals surface area contributed by atoms with E-state index >= 15 is 0 Å². The molecule has 2 aromatic carbocycles. The predicted molar refractivity (Wildman–Crippen MR) is 97.5 cm³/mol. The third-order valence-corrected chi connectivity index (χ3v) is 3.42. The van der Waals surface area contributed by atoms with Crippen molar-refractivity contribution in [3.05, 3.63) is 65.2 Å². The average molecular weight is 366 g/mol. The molecule has 2 N–H and O–H groups in total. The molecule has 0 unspecified atom stereocenters. The van der Waals surface area contributed by atoms with Crippen LogP contribution in [0.5, 0.6) is 11.5 Å². The monoisotopic (exact) mass is 366 g/mol. The van der Waals surface area contributed by atoms with E-state index in [1.165, 1.54) is 13.2 Å². The van der Waals surface area contributed by atoms with Crippen LogP contribution in [0.15, 0.2) is 54.1 Å². The van der Waals surface area contributed by atoms with Crippen LogP contribution in [-0.2, 0) is 20.9 Å². The number of methoxy groups -OCH3 is 1. The maximum atomic E-state index is 12.1. The van der Waals surface area contributed by atoms with E-state index in [9.17, 15) is 14.9 Å². The van der Waals surface area contributed by atoms with Crippen LogP contribution in [0.2, 0.25) is 0 Å². The number of rotatable bonds is 8. The molecule has 0 saturated carbocycles. The van der Waals surface area contributed by atoms with Crippen molar-refractivity contribution in [3.63, 3.8) is 0 Å². The molecule has 2 rings (SSSR count). The second-order valence-electron chi connectivity index (χ2n) is 5.40. The van der Waals surface area contributed by atoms with Crippen LogP contribution >= 0.6 is 0 Å². The van der Waals surface area contributed by atoms with Crippen LogP contribution in [0.4, 0.5) is 0 Å². The molecule has 0 bridgehead atoms. The fourth-order valence-corrected chi connectivity index (χ4v) is 2.15. The zero-order chi connectivity index (χ0) is 19.6. The molecule has 0 fully saturated rings. The minimum atomic E-state index is -0.727. The van der Waals surface area contributed by atoms with Crippen molar-refractivity contribution in [2.45, 2.75) is 6.61 Å². The number of hydrogen-bond donors (Lipinski definition) is 1. The number of primary amides is 1. The number of carbonyl (C=O) groups excluding carboxylic acids is 2. The van der Waals surface area contributed by atoms with Gasteiger partial charge in [-0.2, -0.15) is 5.26 Å². The maximum Gasteiger partial charge on any atom is 0.349 e. The minimum absolute atomic E-state index is 0.0713. The maximum absolute atomic E-state index is 12.1. The Morgan fingerprint density at radius 1 is 1.15 bits per heavy atom. The molecule has 0 spiro atoms. The third kappa shape index (κ3) is 5.90. The number of nitrogens with two attached hydrogens (primary N) is 1. The highest BCUT2D eigenvalue weighted by Gasteiger charge is 2.12. The number of esters is 1. The van der Waals surface area contributed by atoms with Gasteiger partial charge in [-0.15, -0.1) is 0 Å². The summed E-state index contributed by atoms with van der Waals surface area (Å²) in [6.07, 6.45) is 1.38. The highest BCUT2D eigenvalue weighted by molar-refractivity contribution is 5.98. The summed E-state index contributed by atoms with van der Waals surface area (Å²) in [6, 6.07) is 15.7. The molecule has 0 aliphatic rings. The Morgan fingerprint density at radius 3 is 2.52 bits per heavy atom. The van der Waals surface area contributed by atoms with Gasteiger partial charge in [0.15, 0.2) is 18.1 Å². The Morgan fingerprint density at radius 2 is 1.89 bits per heavy atom. The Hall–Kier alpha value is -3.79. The summed E-state index contributed by atoms with van der Waals surface area (Å²) in [6.45, 7) is -0.220. The molecule has 0 atom stereocenters. The Labute approximate surface area is 156 Å². The van der Waals surface area contributed by atoms with Crippen LogP contribution in [-0.4, -0.2) is 25.6 Å². The van der Waals surface area contributed by atoms with Crippen molar-refractivity contribution >= 4 is 18.0 Å². The van der Waals surface area contributed by atoms with E-state index in [-0.39, 0.29) is 18.8 Å². The van der Waals surface area contributed by atoms with Gasteiger partial charge >= 0.3 is 5.97 Å². The van der Waals surface area contributed by atoms with E-state index in [0.717, 1.165) is 5.56 Å². The van der Waals surface area contributed by atoms with E-state index in [1.54, 1.807) is 18.2 Å². The Balaban J connectivity index is 2.12.